The van der Waals surface area contributed by atoms with Gasteiger partial charge in [0.25, 0.3) is 0 Å². The van der Waals surface area contributed by atoms with Gasteiger partial charge in [-0.2, -0.15) is 5.26 Å². The molecule has 0 spiro atoms. The van der Waals surface area contributed by atoms with E-state index in [1.165, 1.54) is 11.1 Å². The molecular formula is C17H17N3O. The summed E-state index contributed by atoms with van der Waals surface area (Å²) in [5.74, 6) is 2.60. The minimum Gasteiger partial charge on any atom is -0.311 e. The lowest BCUT2D eigenvalue weighted by Gasteiger charge is -2.32. The highest BCUT2D eigenvalue weighted by atomic mass is 16.2. The molecule has 0 aromatic heterocycles. The van der Waals surface area contributed by atoms with Gasteiger partial charge >= 0.3 is 0 Å². The molecule has 2 unspecified atom stereocenters. The number of hydrogen-bond donors (Lipinski definition) is 1. The summed E-state index contributed by atoms with van der Waals surface area (Å²) in [6, 6.07) is 9.39. The largest absolute Gasteiger partial charge is 0.311 e. The third-order valence-corrected chi connectivity index (χ3v) is 4.36. The monoisotopic (exact) mass is 279 g/mol. The van der Waals surface area contributed by atoms with Gasteiger partial charge in [0.15, 0.2) is 0 Å². The minimum absolute atomic E-state index is 0.0449. The molecule has 1 N–H and O–H groups in total. The van der Waals surface area contributed by atoms with E-state index in [1.54, 1.807) is 4.90 Å². The Labute approximate surface area is 124 Å². The highest BCUT2D eigenvalue weighted by Gasteiger charge is 2.39. The minimum atomic E-state index is -0.391. The number of fused-ring (bicyclic) bond motifs is 1. The summed E-state index contributed by atoms with van der Waals surface area (Å²) >= 11 is 0. The quantitative estimate of drug-likeness (QED) is 0.786. The molecule has 106 valence electrons. The van der Waals surface area contributed by atoms with Crippen LogP contribution in [-0.4, -0.2) is 28.9 Å². The van der Waals surface area contributed by atoms with E-state index in [-0.39, 0.29) is 18.0 Å². The van der Waals surface area contributed by atoms with Crippen molar-refractivity contribution in [2.45, 2.75) is 43.9 Å². The second-order valence-electron chi connectivity index (χ2n) is 5.56. The van der Waals surface area contributed by atoms with Crippen LogP contribution in [0.3, 0.4) is 0 Å². The van der Waals surface area contributed by atoms with Gasteiger partial charge in [-0.3, -0.25) is 4.79 Å². The van der Waals surface area contributed by atoms with E-state index >= 15 is 0 Å². The van der Waals surface area contributed by atoms with Gasteiger partial charge in [0, 0.05) is 6.54 Å². The van der Waals surface area contributed by atoms with Crippen molar-refractivity contribution in [1.29, 1.82) is 5.26 Å². The van der Waals surface area contributed by atoms with E-state index in [1.807, 2.05) is 12.1 Å². The standard InChI is InChI=1S/C17H17N3O/c1-2-14-7-8-15(10-18)20(14)17(21)16-9-12-5-3-4-6-13(12)11-19-16/h1,3-6,14-16,19H,7-9,11H2/t14-,15?,16?/m1/s1. The third kappa shape index (κ3) is 2.39. The van der Waals surface area contributed by atoms with Gasteiger partial charge in [-0.1, -0.05) is 30.2 Å². The van der Waals surface area contributed by atoms with E-state index in [2.05, 4.69) is 29.4 Å². The normalized spacial score (nSPS) is 27.5. The van der Waals surface area contributed by atoms with Crippen molar-refractivity contribution in [3.63, 3.8) is 0 Å². The molecule has 0 saturated carbocycles. The summed E-state index contributed by atoms with van der Waals surface area (Å²) < 4.78 is 0. The summed E-state index contributed by atoms with van der Waals surface area (Å²) in [5.41, 5.74) is 2.42. The van der Waals surface area contributed by atoms with Crippen LogP contribution >= 0.6 is 0 Å². The van der Waals surface area contributed by atoms with Crippen molar-refractivity contribution in [3.8, 4) is 18.4 Å². The first-order valence-corrected chi connectivity index (χ1v) is 7.22. The zero-order chi connectivity index (χ0) is 14.8. The molecular weight excluding hydrogens is 262 g/mol. The molecule has 1 aromatic carbocycles. The lowest BCUT2D eigenvalue weighted by Crippen LogP contribution is -2.52. The SMILES string of the molecule is C#C[C@@H]1CCC(C#N)N1C(=O)C1Cc2ccccc2CN1. The van der Waals surface area contributed by atoms with Crippen LogP contribution in [0.4, 0.5) is 0 Å². The first-order chi connectivity index (χ1) is 10.2. The van der Waals surface area contributed by atoms with Gasteiger partial charge in [0.2, 0.25) is 5.91 Å². The third-order valence-electron chi connectivity index (χ3n) is 4.36. The number of amides is 1. The van der Waals surface area contributed by atoms with Crippen LogP contribution in [0.2, 0.25) is 0 Å². The van der Waals surface area contributed by atoms with Gasteiger partial charge in [-0.05, 0) is 30.4 Å². The fraction of sp³-hybridized carbons (Fsp3) is 0.412. The lowest BCUT2D eigenvalue weighted by atomic mass is 9.95. The molecule has 1 amide bonds. The predicted octanol–water partition coefficient (Wildman–Crippen LogP) is 1.22. The second-order valence-corrected chi connectivity index (χ2v) is 5.56. The molecule has 0 aliphatic carbocycles. The summed E-state index contributed by atoms with van der Waals surface area (Å²) in [4.78, 5) is 14.4. The van der Waals surface area contributed by atoms with E-state index in [0.29, 0.717) is 25.8 Å². The average molecular weight is 279 g/mol. The Bertz CT molecular complexity index is 618. The second kappa shape index (κ2) is 5.60. The summed E-state index contributed by atoms with van der Waals surface area (Å²) in [6.45, 7) is 0.679. The molecule has 0 bridgehead atoms. The molecule has 4 heteroatoms. The molecule has 1 saturated heterocycles. The smallest absolute Gasteiger partial charge is 0.242 e. The number of carbonyl (C=O) groups excluding carboxylic acids is 1. The van der Waals surface area contributed by atoms with E-state index in [0.717, 1.165) is 0 Å². The maximum Gasteiger partial charge on any atom is 0.242 e. The van der Waals surface area contributed by atoms with Crippen LogP contribution in [0.5, 0.6) is 0 Å². The molecule has 0 radical (unpaired) electrons. The van der Waals surface area contributed by atoms with Gasteiger partial charge in [-0.15, -0.1) is 6.42 Å². The van der Waals surface area contributed by atoms with E-state index in [9.17, 15) is 10.1 Å². The Hall–Kier alpha value is -2.30. The molecule has 2 aliphatic rings. The number of benzene rings is 1. The molecule has 2 heterocycles. The number of terminal acetylenes is 1. The fourth-order valence-electron chi connectivity index (χ4n) is 3.22. The Balaban J connectivity index is 1.80. The number of nitrogens with zero attached hydrogens (tertiary/aromatic N) is 2. The average Bonchev–Trinajstić information content (AvgIpc) is 2.96. The van der Waals surface area contributed by atoms with Gasteiger partial charge in [0.1, 0.15) is 6.04 Å². The first-order valence-electron chi connectivity index (χ1n) is 7.22. The van der Waals surface area contributed by atoms with E-state index < -0.39 is 6.04 Å². The maximum atomic E-state index is 12.8. The molecule has 3 rings (SSSR count). The number of rotatable bonds is 1. The van der Waals surface area contributed by atoms with Crippen LogP contribution < -0.4 is 5.32 Å². The zero-order valence-electron chi connectivity index (χ0n) is 11.7. The number of nitriles is 1. The van der Waals surface area contributed by atoms with Crippen molar-refractivity contribution < 1.29 is 4.79 Å². The maximum absolute atomic E-state index is 12.8. The predicted molar refractivity (Wildman–Crippen MR) is 78.9 cm³/mol. The van der Waals surface area contributed by atoms with Crippen molar-refractivity contribution in [1.82, 2.24) is 10.2 Å². The summed E-state index contributed by atoms with van der Waals surface area (Å²) in [7, 11) is 0. The van der Waals surface area contributed by atoms with Crippen LogP contribution in [0.25, 0.3) is 0 Å². The highest BCUT2D eigenvalue weighted by molar-refractivity contribution is 5.84. The molecule has 2 aliphatic heterocycles. The summed E-state index contributed by atoms with van der Waals surface area (Å²) in [5, 5.41) is 12.5. The van der Waals surface area contributed by atoms with Crippen molar-refractivity contribution in [2.24, 2.45) is 0 Å². The van der Waals surface area contributed by atoms with Crippen LogP contribution in [0, 0.1) is 23.7 Å². The van der Waals surface area contributed by atoms with Crippen molar-refractivity contribution in [2.75, 3.05) is 0 Å². The van der Waals surface area contributed by atoms with Crippen molar-refractivity contribution >= 4 is 5.91 Å². The Morgan fingerprint density at radius 1 is 1.29 bits per heavy atom. The lowest BCUT2D eigenvalue weighted by molar-refractivity contribution is -0.134. The number of carbonyl (C=O) groups is 1. The molecule has 1 aromatic rings. The van der Waals surface area contributed by atoms with Crippen LogP contribution in [-0.2, 0) is 17.8 Å². The van der Waals surface area contributed by atoms with Crippen LogP contribution in [0.15, 0.2) is 24.3 Å². The van der Waals surface area contributed by atoms with Gasteiger partial charge in [-0.25, -0.2) is 0 Å². The Morgan fingerprint density at radius 3 is 2.71 bits per heavy atom. The van der Waals surface area contributed by atoms with Crippen molar-refractivity contribution in [3.05, 3.63) is 35.4 Å². The molecule has 21 heavy (non-hydrogen) atoms. The first kappa shape index (κ1) is 13.7. The van der Waals surface area contributed by atoms with Crippen LogP contribution in [0.1, 0.15) is 24.0 Å². The molecule has 4 nitrogen and oxygen atoms in total. The Kier molecular flexibility index (Phi) is 3.64. The molecule has 1 fully saturated rings. The molecule has 3 atom stereocenters. The highest BCUT2D eigenvalue weighted by Crippen LogP contribution is 2.26. The number of hydrogen-bond acceptors (Lipinski definition) is 3. The topological polar surface area (TPSA) is 56.1 Å². The van der Waals surface area contributed by atoms with E-state index in [4.69, 9.17) is 6.42 Å². The number of nitrogens with one attached hydrogen (secondary N) is 1. The summed E-state index contributed by atoms with van der Waals surface area (Å²) in [6.07, 6.45) is 7.54. The zero-order valence-corrected chi connectivity index (χ0v) is 11.7. The number of likely N-dealkylation sites (tertiary alicyclic amines) is 1. The van der Waals surface area contributed by atoms with Gasteiger partial charge in [0.05, 0.1) is 18.2 Å². The fourth-order valence-corrected chi connectivity index (χ4v) is 3.22. The Morgan fingerprint density at radius 2 is 2.00 bits per heavy atom. The van der Waals surface area contributed by atoms with Gasteiger partial charge < -0.3 is 10.2 Å².